The third-order valence-corrected chi connectivity index (χ3v) is 7.26. The zero-order valence-corrected chi connectivity index (χ0v) is 19.4. The summed E-state index contributed by atoms with van der Waals surface area (Å²) in [4.78, 5) is 28.5. The Hall–Kier alpha value is -2.85. The summed E-state index contributed by atoms with van der Waals surface area (Å²) in [5, 5.41) is 10.2. The van der Waals surface area contributed by atoms with Gasteiger partial charge < -0.3 is 25.0 Å². The molecule has 1 atom stereocenters. The van der Waals surface area contributed by atoms with Crippen molar-refractivity contribution in [2.24, 2.45) is 5.92 Å². The maximum atomic E-state index is 12.0. The number of nitrogens with zero attached hydrogens (tertiary/aromatic N) is 5. The number of piperidine rings is 1. The van der Waals surface area contributed by atoms with Crippen LogP contribution < -0.4 is 10.5 Å². The third-order valence-electron chi connectivity index (χ3n) is 6.40. The SMILES string of the molecule is C[C@H](O)C(=O)N1CCC(CCn2cnc(N)c3nc(Sc4ccc5c(c4)CCO5)nc2-3)CC1. The van der Waals surface area contributed by atoms with Crippen molar-refractivity contribution in [1.82, 2.24) is 24.4 Å². The first-order valence-electron chi connectivity index (χ1n) is 11.4. The number of imidazole rings is 1. The molecule has 1 amide bonds. The molecule has 0 aliphatic carbocycles. The number of aliphatic hydroxyl groups excluding tert-OH is 1. The van der Waals surface area contributed by atoms with Crippen LogP contribution in [0.4, 0.5) is 5.82 Å². The van der Waals surface area contributed by atoms with Gasteiger partial charge in [-0.15, -0.1) is 0 Å². The first kappa shape index (κ1) is 22.0. The number of amides is 1. The fourth-order valence-corrected chi connectivity index (χ4v) is 5.32. The van der Waals surface area contributed by atoms with Crippen molar-refractivity contribution in [2.75, 3.05) is 25.4 Å². The van der Waals surface area contributed by atoms with Crippen LogP contribution in [0.5, 0.6) is 5.75 Å². The van der Waals surface area contributed by atoms with Crippen molar-refractivity contribution in [3.05, 3.63) is 30.1 Å². The molecule has 0 spiro atoms. The lowest BCUT2D eigenvalue weighted by Crippen LogP contribution is -2.43. The summed E-state index contributed by atoms with van der Waals surface area (Å²) >= 11 is 1.52. The van der Waals surface area contributed by atoms with Crippen molar-refractivity contribution in [3.8, 4) is 17.3 Å². The normalized spacial score (nSPS) is 17.2. The fraction of sp³-hybridized carbons (Fsp3) is 0.478. The molecule has 1 aromatic carbocycles. The quantitative estimate of drug-likeness (QED) is 0.566. The summed E-state index contributed by atoms with van der Waals surface area (Å²) in [6, 6.07) is 6.17. The second kappa shape index (κ2) is 9.18. The minimum absolute atomic E-state index is 0.180. The van der Waals surface area contributed by atoms with E-state index in [0.717, 1.165) is 55.3 Å². The van der Waals surface area contributed by atoms with Gasteiger partial charge in [0.15, 0.2) is 22.5 Å². The second-order valence-electron chi connectivity index (χ2n) is 8.70. The van der Waals surface area contributed by atoms with Crippen molar-refractivity contribution >= 4 is 23.5 Å². The molecule has 0 radical (unpaired) electrons. The number of anilines is 1. The Morgan fingerprint density at radius 1 is 1.33 bits per heavy atom. The van der Waals surface area contributed by atoms with Gasteiger partial charge in [-0.25, -0.2) is 15.0 Å². The van der Waals surface area contributed by atoms with E-state index in [1.807, 2.05) is 16.7 Å². The number of benzene rings is 1. The summed E-state index contributed by atoms with van der Waals surface area (Å²) in [6.07, 6.45) is 4.55. The second-order valence-corrected chi connectivity index (χ2v) is 9.75. The van der Waals surface area contributed by atoms with Gasteiger partial charge in [-0.05, 0) is 67.6 Å². The zero-order chi connectivity index (χ0) is 22.9. The van der Waals surface area contributed by atoms with Crippen LogP contribution in [-0.2, 0) is 17.8 Å². The Labute approximate surface area is 196 Å². The molecule has 0 saturated carbocycles. The smallest absolute Gasteiger partial charge is 0.251 e. The Bertz CT molecular complexity index is 1130. The van der Waals surface area contributed by atoms with Crippen molar-refractivity contribution < 1.29 is 14.6 Å². The molecule has 1 saturated heterocycles. The highest BCUT2D eigenvalue weighted by atomic mass is 32.2. The topological polar surface area (TPSA) is 119 Å². The molecule has 4 heterocycles. The lowest BCUT2D eigenvalue weighted by atomic mass is 9.93. The van der Waals surface area contributed by atoms with Crippen LogP contribution in [0.1, 0.15) is 31.7 Å². The van der Waals surface area contributed by atoms with Crippen molar-refractivity contribution in [1.29, 1.82) is 0 Å². The van der Waals surface area contributed by atoms with Crippen LogP contribution in [0.25, 0.3) is 11.5 Å². The largest absolute Gasteiger partial charge is 0.493 e. The van der Waals surface area contributed by atoms with Crippen LogP contribution >= 0.6 is 11.8 Å². The Balaban J connectivity index is 1.25. The Morgan fingerprint density at radius 3 is 2.94 bits per heavy atom. The van der Waals surface area contributed by atoms with E-state index >= 15 is 0 Å². The fourth-order valence-electron chi connectivity index (χ4n) is 4.50. The number of nitrogen functional groups attached to an aromatic ring is 1. The lowest BCUT2D eigenvalue weighted by molar-refractivity contribution is -0.140. The van der Waals surface area contributed by atoms with Gasteiger partial charge in [0.05, 0.1) is 12.9 Å². The monoisotopic (exact) mass is 468 g/mol. The van der Waals surface area contributed by atoms with E-state index in [1.54, 1.807) is 11.2 Å². The highest BCUT2D eigenvalue weighted by Crippen LogP contribution is 2.35. The Morgan fingerprint density at radius 2 is 2.15 bits per heavy atom. The lowest BCUT2D eigenvalue weighted by Gasteiger charge is -2.33. The van der Waals surface area contributed by atoms with Gasteiger partial charge in [0.2, 0.25) is 0 Å². The predicted molar refractivity (Wildman–Crippen MR) is 124 cm³/mol. The number of rotatable bonds is 6. The van der Waals surface area contributed by atoms with Crippen molar-refractivity contribution in [3.63, 3.8) is 0 Å². The summed E-state index contributed by atoms with van der Waals surface area (Å²) in [7, 11) is 0. The first-order valence-corrected chi connectivity index (χ1v) is 12.2. The molecular weight excluding hydrogens is 440 g/mol. The average Bonchev–Trinajstić information content (AvgIpc) is 3.46. The molecule has 0 aromatic heterocycles. The van der Waals surface area contributed by atoms with Crippen LogP contribution in [0, 0.1) is 5.92 Å². The van der Waals surface area contributed by atoms with Gasteiger partial charge in [-0.1, -0.05) is 0 Å². The molecular formula is C23H28N6O3S. The van der Waals surface area contributed by atoms with Gasteiger partial charge in [0, 0.05) is 31.0 Å². The van der Waals surface area contributed by atoms with E-state index < -0.39 is 6.10 Å². The standard InChI is InChI=1S/C23H28N6O3S/c1-14(30)22(31)28-8-4-15(5-9-28)6-10-29-13-25-20(24)19-21(29)27-23(26-19)33-17-2-3-18-16(12-17)7-11-32-18/h2-3,12-15,30H,4-11,24H2,1H3/t14-/m0/s1. The molecule has 3 N–H and O–H groups in total. The maximum Gasteiger partial charge on any atom is 0.251 e. The van der Waals surface area contributed by atoms with Gasteiger partial charge in [-0.2, -0.15) is 0 Å². The number of likely N-dealkylation sites (tertiary alicyclic amines) is 1. The minimum atomic E-state index is -0.931. The van der Waals surface area contributed by atoms with E-state index in [9.17, 15) is 9.90 Å². The number of aryl methyl sites for hydroxylation is 1. The summed E-state index contributed by atoms with van der Waals surface area (Å²) in [5.41, 5.74) is 7.94. The number of nitrogens with two attached hydrogens (primary N) is 1. The van der Waals surface area contributed by atoms with Crippen LogP contribution in [0.3, 0.4) is 0 Å². The minimum Gasteiger partial charge on any atom is -0.493 e. The van der Waals surface area contributed by atoms with E-state index in [2.05, 4.69) is 16.0 Å². The first-order chi connectivity index (χ1) is 16.0. The summed E-state index contributed by atoms with van der Waals surface area (Å²) in [6.45, 7) is 4.40. The van der Waals surface area contributed by atoms with Crippen LogP contribution in [0.15, 0.2) is 34.6 Å². The predicted octanol–water partition coefficient (Wildman–Crippen LogP) is 2.46. The van der Waals surface area contributed by atoms with Crippen molar-refractivity contribution in [2.45, 2.75) is 55.3 Å². The summed E-state index contributed by atoms with van der Waals surface area (Å²) in [5.74, 6) is 2.42. The number of hydrogen-bond donors (Lipinski definition) is 2. The number of aliphatic hydroxyl groups is 1. The maximum absolute atomic E-state index is 12.0. The molecule has 10 heteroatoms. The van der Waals surface area contributed by atoms with Crippen LogP contribution in [-0.4, -0.2) is 61.2 Å². The molecule has 1 aromatic rings. The van der Waals surface area contributed by atoms with Crippen LogP contribution in [0.2, 0.25) is 0 Å². The summed E-state index contributed by atoms with van der Waals surface area (Å²) < 4.78 is 7.61. The molecule has 0 unspecified atom stereocenters. The molecule has 0 bridgehead atoms. The van der Waals surface area contributed by atoms with Gasteiger partial charge in [0.25, 0.3) is 5.91 Å². The number of carbonyl (C=O) groups excluding carboxylic acids is 1. The van der Waals surface area contributed by atoms with E-state index in [-0.39, 0.29) is 5.91 Å². The molecule has 4 aliphatic rings. The number of fused-ring (bicyclic) bond motifs is 2. The van der Waals surface area contributed by atoms with E-state index in [4.69, 9.17) is 15.5 Å². The van der Waals surface area contributed by atoms with Gasteiger partial charge in [-0.3, -0.25) is 4.79 Å². The van der Waals surface area contributed by atoms with Gasteiger partial charge >= 0.3 is 0 Å². The van der Waals surface area contributed by atoms with E-state index in [0.29, 0.717) is 35.7 Å². The number of hydrogen-bond acceptors (Lipinski definition) is 8. The molecule has 33 heavy (non-hydrogen) atoms. The average molecular weight is 469 g/mol. The van der Waals surface area contributed by atoms with E-state index in [1.165, 1.54) is 24.2 Å². The van der Waals surface area contributed by atoms with Gasteiger partial charge in [0.1, 0.15) is 11.9 Å². The third kappa shape index (κ3) is 4.63. The number of carbonyl (C=O) groups is 1. The molecule has 4 aliphatic heterocycles. The molecule has 5 rings (SSSR count). The number of ether oxygens (including phenoxy) is 1. The molecule has 174 valence electrons. The zero-order valence-electron chi connectivity index (χ0n) is 18.6. The highest BCUT2D eigenvalue weighted by molar-refractivity contribution is 7.99. The molecule has 9 nitrogen and oxygen atoms in total. The molecule has 1 fully saturated rings. The number of aromatic nitrogens is 4. The Kier molecular flexibility index (Phi) is 6.11. The highest BCUT2D eigenvalue weighted by Gasteiger charge is 2.26.